The lowest BCUT2D eigenvalue weighted by Crippen LogP contribution is -3.15. The van der Waals surface area contributed by atoms with E-state index >= 15 is 0 Å². The predicted molar refractivity (Wildman–Crippen MR) is 117 cm³/mol. The molecule has 2 heterocycles. The molecular formula is C20H28N3O3S2+. The molecule has 1 aromatic carbocycles. The maximum atomic E-state index is 5.60. The highest BCUT2D eigenvalue weighted by Crippen LogP contribution is 2.29. The summed E-state index contributed by atoms with van der Waals surface area (Å²) in [5.41, 5.74) is 0.776. The standard InChI is InChI=1S/C20H27N3O3S2/c1-14(19(18-5-4-12-28-18)23-8-10-26-11-9-23)21-20(27)22-16-13-15(24-2)6-7-17(16)25-3/h4-7,12-14,19H,8-11H2,1-3H3,(H2,21,22,27)/p+1/t14-,19-/m0/s1. The van der Waals surface area contributed by atoms with E-state index in [1.54, 1.807) is 25.6 Å². The van der Waals surface area contributed by atoms with Crippen LogP contribution in [0.3, 0.4) is 0 Å². The largest absolute Gasteiger partial charge is 0.497 e. The minimum atomic E-state index is 0.156. The van der Waals surface area contributed by atoms with Crippen LogP contribution in [0.15, 0.2) is 35.7 Å². The third-order valence-electron chi connectivity index (χ3n) is 4.94. The molecule has 0 radical (unpaired) electrons. The van der Waals surface area contributed by atoms with Crippen molar-refractivity contribution >= 4 is 34.4 Å². The van der Waals surface area contributed by atoms with E-state index < -0.39 is 0 Å². The maximum Gasteiger partial charge on any atom is 0.171 e. The van der Waals surface area contributed by atoms with Gasteiger partial charge in [-0.05, 0) is 42.7 Å². The smallest absolute Gasteiger partial charge is 0.171 e. The van der Waals surface area contributed by atoms with Crippen molar-refractivity contribution < 1.29 is 19.1 Å². The molecule has 0 bridgehead atoms. The second kappa shape index (κ2) is 10.1. The average molecular weight is 423 g/mol. The predicted octanol–water partition coefficient (Wildman–Crippen LogP) is 2.10. The first-order chi connectivity index (χ1) is 13.6. The second-order valence-corrected chi connectivity index (χ2v) is 8.10. The monoisotopic (exact) mass is 422 g/mol. The van der Waals surface area contributed by atoms with E-state index in [2.05, 4.69) is 35.1 Å². The van der Waals surface area contributed by atoms with Gasteiger partial charge in [0.25, 0.3) is 0 Å². The number of methoxy groups -OCH3 is 2. The van der Waals surface area contributed by atoms with E-state index in [0.29, 0.717) is 16.9 Å². The lowest BCUT2D eigenvalue weighted by atomic mass is 10.1. The van der Waals surface area contributed by atoms with Crippen LogP contribution in [0.4, 0.5) is 5.69 Å². The summed E-state index contributed by atoms with van der Waals surface area (Å²) in [7, 11) is 3.28. The first-order valence-electron chi connectivity index (χ1n) is 9.37. The Balaban J connectivity index is 1.71. The molecule has 8 heteroatoms. The number of anilines is 1. The summed E-state index contributed by atoms with van der Waals surface area (Å²) in [6.45, 7) is 5.78. The molecule has 152 valence electrons. The highest BCUT2D eigenvalue weighted by molar-refractivity contribution is 7.80. The van der Waals surface area contributed by atoms with Gasteiger partial charge in [-0.2, -0.15) is 0 Å². The topological polar surface area (TPSA) is 56.2 Å². The normalized spacial score (nSPS) is 16.8. The molecule has 2 atom stereocenters. The molecule has 0 saturated carbocycles. The average Bonchev–Trinajstić information content (AvgIpc) is 3.23. The fourth-order valence-electron chi connectivity index (χ4n) is 3.57. The summed E-state index contributed by atoms with van der Waals surface area (Å²) in [5.74, 6) is 1.46. The molecule has 1 aliphatic rings. The van der Waals surface area contributed by atoms with Crippen LogP contribution in [0.1, 0.15) is 17.8 Å². The van der Waals surface area contributed by atoms with Gasteiger partial charge in [0.15, 0.2) is 5.11 Å². The van der Waals surface area contributed by atoms with E-state index in [4.69, 9.17) is 26.4 Å². The van der Waals surface area contributed by atoms with Crippen molar-refractivity contribution in [2.45, 2.75) is 19.0 Å². The van der Waals surface area contributed by atoms with Gasteiger partial charge in [0.05, 0.1) is 44.0 Å². The number of ether oxygens (including phenoxy) is 3. The van der Waals surface area contributed by atoms with Gasteiger partial charge in [-0.15, -0.1) is 11.3 Å². The van der Waals surface area contributed by atoms with Crippen molar-refractivity contribution in [2.24, 2.45) is 0 Å². The second-order valence-electron chi connectivity index (χ2n) is 6.72. The first-order valence-corrected chi connectivity index (χ1v) is 10.7. The van der Waals surface area contributed by atoms with Crippen LogP contribution in [-0.2, 0) is 4.74 Å². The summed E-state index contributed by atoms with van der Waals surface area (Å²) in [4.78, 5) is 2.88. The van der Waals surface area contributed by atoms with Crippen LogP contribution >= 0.6 is 23.6 Å². The molecule has 6 nitrogen and oxygen atoms in total. The molecular weight excluding hydrogens is 394 g/mol. The lowest BCUT2D eigenvalue weighted by Gasteiger charge is -2.35. The van der Waals surface area contributed by atoms with Crippen molar-refractivity contribution in [2.75, 3.05) is 45.8 Å². The molecule has 0 amide bonds. The van der Waals surface area contributed by atoms with E-state index in [0.717, 1.165) is 37.7 Å². The van der Waals surface area contributed by atoms with Crippen LogP contribution in [0.2, 0.25) is 0 Å². The van der Waals surface area contributed by atoms with Gasteiger partial charge >= 0.3 is 0 Å². The highest BCUT2D eigenvalue weighted by atomic mass is 32.1. The molecule has 28 heavy (non-hydrogen) atoms. The van der Waals surface area contributed by atoms with Crippen LogP contribution < -0.4 is 25.0 Å². The number of nitrogens with one attached hydrogen (secondary N) is 3. The Kier molecular flexibility index (Phi) is 7.50. The van der Waals surface area contributed by atoms with Crippen molar-refractivity contribution in [3.63, 3.8) is 0 Å². The number of benzene rings is 1. The molecule has 1 aliphatic heterocycles. The Morgan fingerprint density at radius 3 is 2.64 bits per heavy atom. The van der Waals surface area contributed by atoms with Crippen LogP contribution in [-0.4, -0.2) is 51.7 Å². The Bertz CT molecular complexity index is 764. The molecule has 3 rings (SSSR count). The minimum absolute atomic E-state index is 0.156. The molecule has 1 aromatic heterocycles. The molecule has 1 saturated heterocycles. The fourth-order valence-corrected chi connectivity index (χ4v) is 4.86. The Hall–Kier alpha value is -1.87. The highest BCUT2D eigenvalue weighted by Gasteiger charge is 2.32. The molecule has 0 unspecified atom stereocenters. The van der Waals surface area contributed by atoms with Gasteiger partial charge in [-0.3, -0.25) is 0 Å². The van der Waals surface area contributed by atoms with E-state index in [-0.39, 0.29) is 6.04 Å². The number of thiophene rings is 1. The van der Waals surface area contributed by atoms with Gasteiger partial charge in [0, 0.05) is 6.07 Å². The zero-order chi connectivity index (χ0) is 19.9. The minimum Gasteiger partial charge on any atom is -0.497 e. The van der Waals surface area contributed by atoms with Crippen LogP contribution in [0, 0.1) is 0 Å². The summed E-state index contributed by atoms with van der Waals surface area (Å²) in [5, 5.41) is 9.42. The number of hydrogen-bond donors (Lipinski definition) is 3. The third-order valence-corrected chi connectivity index (χ3v) is 6.11. The fraction of sp³-hybridized carbons (Fsp3) is 0.450. The van der Waals surface area contributed by atoms with Gasteiger partial charge in [0.1, 0.15) is 30.6 Å². The Morgan fingerprint density at radius 2 is 2.00 bits per heavy atom. The summed E-state index contributed by atoms with van der Waals surface area (Å²) in [6, 6.07) is 10.4. The first kappa shape index (κ1) is 20.9. The van der Waals surface area contributed by atoms with Crippen molar-refractivity contribution in [3.05, 3.63) is 40.6 Å². The van der Waals surface area contributed by atoms with E-state index in [1.807, 2.05) is 18.2 Å². The zero-order valence-electron chi connectivity index (χ0n) is 16.5. The quantitative estimate of drug-likeness (QED) is 0.594. The molecule has 3 N–H and O–H groups in total. The molecule has 0 spiro atoms. The molecule has 2 aromatic rings. The maximum absolute atomic E-state index is 5.60. The Morgan fingerprint density at radius 1 is 1.21 bits per heavy atom. The van der Waals surface area contributed by atoms with E-state index in [1.165, 1.54) is 9.78 Å². The third kappa shape index (κ3) is 5.14. The number of thiocarbonyl (C=S) groups is 1. The van der Waals surface area contributed by atoms with Crippen molar-refractivity contribution in [1.29, 1.82) is 0 Å². The lowest BCUT2D eigenvalue weighted by molar-refractivity contribution is -0.939. The zero-order valence-corrected chi connectivity index (χ0v) is 18.1. The van der Waals surface area contributed by atoms with E-state index in [9.17, 15) is 0 Å². The number of morpholine rings is 1. The SMILES string of the molecule is COc1ccc(OC)c(NC(=S)N[C@@H](C)[C@@H](c2cccs2)[NH+]2CCOCC2)c1. The van der Waals surface area contributed by atoms with Crippen LogP contribution in [0.5, 0.6) is 11.5 Å². The van der Waals surface area contributed by atoms with Gasteiger partial charge in [-0.25, -0.2) is 0 Å². The summed E-state index contributed by atoms with van der Waals surface area (Å²) >= 11 is 7.39. The van der Waals surface area contributed by atoms with Crippen molar-refractivity contribution in [1.82, 2.24) is 5.32 Å². The summed E-state index contributed by atoms with van der Waals surface area (Å²) in [6.07, 6.45) is 0. The van der Waals surface area contributed by atoms with Crippen molar-refractivity contribution in [3.8, 4) is 11.5 Å². The molecule has 1 fully saturated rings. The van der Waals surface area contributed by atoms with Gasteiger partial charge in [0.2, 0.25) is 0 Å². The molecule has 0 aliphatic carbocycles. The van der Waals surface area contributed by atoms with Gasteiger partial charge < -0.3 is 29.7 Å². The number of quaternary nitrogens is 1. The van der Waals surface area contributed by atoms with Crippen LogP contribution in [0.25, 0.3) is 0 Å². The Labute approximate surface area is 175 Å². The van der Waals surface area contributed by atoms with Gasteiger partial charge in [-0.1, -0.05) is 6.07 Å². The number of hydrogen-bond acceptors (Lipinski definition) is 5. The number of rotatable bonds is 7. The summed E-state index contributed by atoms with van der Waals surface area (Å²) < 4.78 is 16.3.